The first-order valence-electron chi connectivity index (χ1n) is 13.8. The van der Waals surface area contributed by atoms with Crippen LogP contribution in [0.3, 0.4) is 0 Å². The van der Waals surface area contributed by atoms with E-state index in [1.54, 1.807) is 31.7 Å². The molecule has 7 nitrogen and oxygen atoms in total. The van der Waals surface area contributed by atoms with Gasteiger partial charge in [0.1, 0.15) is 17.7 Å². The number of alkyl carbamates (subject to hydrolysis) is 1. The number of nitrogens with zero attached hydrogens (tertiary/aromatic N) is 1. The maximum atomic E-state index is 14.5. The number of nitrogens with one attached hydrogen (secondary N) is 2. The fourth-order valence-corrected chi connectivity index (χ4v) is 4.86. The topological polar surface area (TPSA) is 87.7 Å². The summed E-state index contributed by atoms with van der Waals surface area (Å²) in [5.41, 5.74) is 2.30. The summed E-state index contributed by atoms with van der Waals surface area (Å²) >= 11 is 6.47. The molecule has 0 aliphatic rings. The Bertz CT molecular complexity index is 1210. The molecule has 0 aliphatic heterocycles. The van der Waals surface area contributed by atoms with Crippen molar-refractivity contribution >= 4 is 35.2 Å². The van der Waals surface area contributed by atoms with Gasteiger partial charge in [0.2, 0.25) is 5.91 Å². The molecule has 0 spiro atoms. The van der Waals surface area contributed by atoms with Crippen LogP contribution in [0.4, 0.5) is 10.5 Å². The first-order chi connectivity index (χ1) is 18.3. The second-order valence-electron chi connectivity index (χ2n) is 12.9. The molecule has 0 aromatic heterocycles. The summed E-state index contributed by atoms with van der Waals surface area (Å²) in [6.45, 7) is 20.7. The monoisotopic (exact) mass is 571 g/mol. The molecule has 40 heavy (non-hydrogen) atoms. The number of carbonyl (C=O) groups is 3. The highest BCUT2D eigenvalue weighted by Crippen LogP contribution is 2.35. The van der Waals surface area contributed by atoms with Crippen molar-refractivity contribution in [1.82, 2.24) is 10.2 Å². The van der Waals surface area contributed by atoms with E-state index in [0.717, 1.165) is 16.7 Å². The smallest absolute Gasteiger partial charge is 0.408 e. The summed E-state index contributed by atoms with van der Waals surface area (Å²) in [5.74, 6) is -0.679. The van der Waals surface area contributed by atoms with E-state index in [1.165, 1.54) is 0 Å². The summed E-state index contributed by atoms with van der Waals surface area (Å²) in [4.78, 5) is 43.1. The van der Waals surface area contributed by atoms with Crippen molar-refractivity contribution in [3.8, 4) is 0 Å². The minimum absolute atomic E-state index is 0.0875. The van der Waals surface area contributed by atoms with Crippen molar-refractivity contribution < 1.29 is 19.1 Å². The van der Waals surface area contributed by atoms with Gasteiger partial charge in [0.15, 0.2) is 0 Å². The average molecular weight is 572 g/mol. The maximum absolute atomic E-state index is 14.5. The van der Waals surface area contributed by atoms with Gasteiger partial charge in [-0.2, -0.15) is 0 Å². The van der Waals surface area contributed by atoms with E-state index in [0.29, 0.717) is 22.7 Å². The lowest BCUT2D eigenvalue weighted by Crippen LogP contribution is -2.58. The van der Waals surface area contributed by atoms with Crippen molar-refractivity contribution in [2.75, 3.05) is 5.32 Å². The normalized spacial score (nSPS) is 13.4. The van der Waals surface area contributed by atoms with Crippen molar-refractivity contribution in [1.29, 1.82) is 0 Å². The molecule has 0 bridgehead atoms. The van der Waals surface area contributed by atoms with Gasteiger partial charge >= 0.3 is 6.09 Å². The molecule has 3 amide bonds. The number of amides is 3. The molecule has 0 heterocycles. The number of para-hydroxylation sites is 1. The number of anilines is 1. The number of hydrogen-bond donors (Lipinski definition) is 2. The van der Waals surface area contributed by atoms with Gasteiger partial charge in [-0.1, -0.05) is 61.3 Å². The fraction of sp³-hybridized carbons (Fsp3) is 0.531. The van der Waals surface area contributed by atoms with Crippen LogP contribution in [0.5, 0.6) is 0 Å². The van der Waals surface area contributed by atoms with Crippen LogP contribution in [0.2, 0.25) is 5.02 Å². The van der Waals surface area contributed by atoms with Gasteiger partial charge in [-0.15, -0.1) is 0 Å². The third-order valence-electron chi connectivity index (χ3n) is 6.36. The Kier molecular flexibility index (Phi) is 10.8. The highest BCUT2D eigenvalue weighted by molar-refractivity contribution is 6.34. The molecule has 2 unspecified atom stereocenters. The second kappa shape index (κ2) is 13.1. The van der Waals surface area contributed by atoms with Gasteiger partial charge in [0, 0.05) is 5.54 Å². The summed E-state index contributed by atoms with van der Waals surface area (Å²) in [6, 6.07) is 9.35. The van der Waals surface area contributed by atoms with Gasteiger partial charge in [0.25, 0.3) is 5.91 Å². The first-order valence-corrected chi connectivity index (χ1v) is 14.2. The highest BCUT2D eigenvalue weighted by Gasteiger charge is 2.42. The maximum Gasteiger partial charge on any atom is 0.408 e. The van der Waals surface area contributed by atoms with Crippen LogP contribution in [0.1, 0.15) is 90.1 Å². The van der Waals surface area contributed by atoms with Crippen LogP contribution in [-0.4, -0.2) is 40.0 Å². The SMILES string of the molecule is Cc1ccc(C)c(C(C(=O)Nc2c(C)cccc2Cl)N(C(=O)C(CC(C)C)NC(=O)OC(C)(C)C)C(C)(C)C)c1. The Labute approximate surface area is 245 Å². The zero-order valence-corrected chi connectivity index (χ0v) is 26.6. The molecule has 0 aliphatic carbocycles. The number of halogens is 1. The van der Waals surface area contributed by atoms with Crippen LogP contribution in [0, 0.1) is 26.7 Å². The lowest BCUT2D eigenvalue weighted by Gasteiger charge is -2.43. The molecule has 220 valence electrons. The molecule has 0 saturated carbocycles. The number of hydrogen-bond acceptors (Lipinski definition) is 4. The number of rotatable bonds is 8. The zero-order valence-electron chi connectivity index (χ0n) is 25.9. The van der Waals surface area contributed by atoms with Gasteiger partial charge in [-0.3, -0.25) is 9.59 Å². The van der Waals surface area contributed by atoms with Gasteiger partial charge < -0.3 is 20.3 Å². The van der Waals surface area contributed by atoms with Crippen molar-refractivity contribution in [2.45, 2.75) is 106 Å². The molecule has 0 saturated heterocycles. The van der Waals surface area contributed by atoms with Crippen LogP contribution >= 0.6 is 11.6 Å². The van der Waals surface area contributed by atoms with E-state index in [1.807, 2.05) is 85.7 Å². The highest BCUT2D eigenvalue weighted by atomic mass is 35.5. The van der Waals surface area contributed by atoms with E-state index in [4.69, 9.17) is 16.3 Å². The second-order valence-corrected chi connectivity index (χ2v) is 13.3. The lowest BCUT2D eigenvalue weighted by atomic mass is 9.91. The van der Waals surface area contributed by atoms with Crippen molar-refractivity contribution in [3.05, 3.63) is 63.7 Å². The van der Waals surface area contributed by atoms with Crippen molar-refractivity contribution in [3.63, 3.8) is 0 Å². The standard InChI is InChI=1S/C32H46ClN3O4/c1-19(2)17-25(34-30(39)40-32(9,10)11)29(38)36(31(6,7)8)27(23-18-20(3)15-16-21(23)4)28(37)35-26-22(5)13-12-14-24(26)33/h12-16,18-19,25,27H,17H2,1-11H3,(H,34,39)(H,35,37). The average Bonchev–Trinajstić information content (AvgIpc) is 2.78. The molecular formula is C32H46ClN3O4. The summed E-state index contributed by atoms with van der Waals surface area (Å²) in [6.07, 6.45) is -0.310. The quantitative estimate of drug-likeness (QED) is 0.343. The molecule has 2 aromatic carbocycles. The Morgan fingerprint density at radius 3 is 2.10 bits per heavy atom. The molecule has 0 radical (unpaired) electrons. The van der Waals surface area contributed by atoms with Crippen molar-refractivity contribution in [2.24, 2.45) is 5.92 Å². The molecule has 2 N–H and O–H groups in total. The minimum atomic E-state index is -1.00. The predicted octanol–water partition coefficient (Wildman–Crippen LogP) is 7.51. The van der Waals surface area contributed by atoms with Crippen LogP contribution in [-0.2, 0) is 14.3 Å². The number of carbonyl (C=O) groups excluding carboxylic acids is 3. The van der Waals surface area contributed by atoms with E-state index in [9.17, 15) is 14.4 Å². The van der Waals surface area contributed by atoms with Gasteiger partial charge in [-0.05, 0) is 97.4 Å². The van der Waals surface area contributed by atoms with Crippen LogP contribution in [0.15, 0.2) is 36.4 Å². The third kappa shape index (κ3) is 8.98. The fourth-order valence-electron chi connectivity index (χ4n) is 4.59. The molecule has 2 rings (SSSR count). The number of aryl methyl sites for hydroxylation is 3. The number of benzene rings is 2. The van der Waals surface area contributed by atoms with E-state index < -0.39 is 35.2 Å². The van der Waals surface area contributed by atoms with Crippen LogP contribution in [0.25, 0.3) is 0 Å². The van der Waals surface area contributed by atoms with E-state index >= 15 is 0 Å². The van der Waals surface area contributed by atoms with E-state index in [-0.39, 0.29) is 11.8 Å². The minimum Gasteiger partial charge on any atom is -0.444 e. The largest absolute Gasteiger partial charge is 0.444 e. The molecule has 0 fully saturated rings. The van der Waals surface area contributed by atoms with E-state index in [2.05, 4.69) is 10.6 Å². The molecule has 2 atom stereocenters. The molecular weight excluding hydrogens is 526 g/mol. The Balaban J connectivity index is 2.70. The van der Waals surface area contributed by atoms with Gasteiger partial charge in [-0.25, -0.2) is 4.79 Å². The molecule has 2 aromatic rings. The van der Waals surface area contributed by atoms with Gasteiger partial charge in [0.05, 0.1) is 10.7 Å². The predicted molar refractivity (Wildman–Crippen MR) is 163 cm³/mol. The van der Waals surface area contributed by atoms with Crippen LogP contribution < -0.4 is 10.6 Å². The Hall–Kier alpha value is -3.06. The molecule has 8 heteroatoms. The first kappa shape index (κ1) is 33.1. The summed E-state index contributed by atoms with van der Waals surface area (Å²) in [7, 11) is 0. The third-order valence-corrected chi connectivity index (χ3v) is 6.68. The Morgan fingerprint density at radius 1 is 0.950 bits per heavy atom. The zero-order chi connectivity index (χ0) is 30.6. The summed E-state index contributed by atoms with van der Waals surface area (Å²) in [5, 5.41) is 6.21. The Morgan fingerprint density at radius 2 is 1.57 bits per heavy atom. The summed E-state index contributed by atoms with van der Waals surface area (Å²) < 4.78 is 5.48. The number of ether oxygens (including phenoxy) is 1. The lowest BCUT2D eigenvalue weighted by molar-refractivity contribution is -0.147.